The average molecular weight is 334 g/mol. The molecule has 1 aromatic heterocycles. The lowest BCUT2D eigenvalue weighted by molar-refractivity contribution is 0.914. The van der Waals surface area contributed by atoms with Crippen LogP contribution in [0.4, 0.5) is 5.82 Å². The maximum Gasteiger partial charge on any atom is 0.131 e. The molecule has 0 aromatic carbocycles. The third-order valence-corrected chi connectivity index (χ3v) is 5.70. The minimum absolute atomic E-state index is 0.701. The summed E-state index contributed by atoms with van der Waals surface area (Å²) in [6.07, 6.45) is 0.863. The van der Waals surface area contributed by atoms with Gasteiger partial charge in [0.15, 0.2) is 0 Å². The number of nitrogens with one attached hydrogen (secondary N) is 1. The number of halogens is 1. The zero-order chi connectivity index (χ0) is 12.1. The molecule has 0 aliphatic carbocycles. The van der Waals surface area contributed by atoms with Gasteiger partial charge in [-0.2, -0.15) is 23.5 Å². The van der Waals surface area contributed by atoms with E-state index in [9.17, 15) is 0 Å². The van der Waals surface area contributed by atoms with Gasteiger partial charge in [-0.15, -0.1) is 0 Å². The van der Waals surface area contributed by atoms with Crippen LogP contribution >= 0.6 is 39.5 Å². The van der Waals surface area contributed by atoms with E-state index < -0.39 is 0 Å². The predicted molar refractivity (Wildman–Crippen MR) is 81.2 cm³/mol. The number of hydrogen-bond donors (Lipinski definition) is 1. The van der Waals surface area contributed by atoms with Crippen molar-refractivity contribution in [3.8, 4) is 0 Å². The Balaban J connectivity index is 1.91. The molecule has 1 atom stereocenters. The van der Waals surface area contributed by atoms with Crippen molar-refractivity contribution < 1.29 is 0 Å². The molecule has 0 saturated carbocycles. The minimum Gasteiger partial charge on any atom is -0.369 e. The second kappa shape index (κ2) is 6.85. The Morgan fingerprint density at radius 1 is 1.47 bits per heavy atom. The van der Waals surface area contributed by atoms with Crippen LogP contribution in [0.15, 0.2) is 10.7 Å². The number of nitrogens with zero attached hydrogens (tertiary/aromatic N) is 2. The fourth-order valence-corrected chi connectivity index (χ4v) is 4.62. The molecule has 6 heteroatoms. The maximum absolute atomic E-state index is 4.47. The lowest BCUT2D eigenvalue weighted by Gasteiger charge is -2.21. The van der Waals surface area contributed by atoms with Crippen molar-refractivity contribution in [3.05, 3.63) is 16.5 Å². The third kappa shape index (κ3) is 4.34. The highest BCUT2D eigenvalue weighted by Crippen LogP contribution is 2.24. The molecule has 17 heavy (non-hydrogen) atoms. The fraction of sp³-hybridized carbons (Fsp3) is 0.636. The summed E-state index contributed by atoms with van der Waals surface area (Å²) in [5.41, 5.74) is 0. The maximum atomic E-state index is 4.47. The van der Waals surface area contributed by atoms with E-state index in [2.05, 4.69) is 49.9 Å². The molecular weight excluding hydrogens is 318 g/mol. The van der Waals surface area contributed by atoms with Gasteiger partial charge in [0.2, 0.25) is 0 Å². The minimum atomic E-state index is 0.701. The Bertz CT molecular complexity index is 370. The summed E-state index contributed by atoms with van der Waals surface area (Å²) in [6.45, 7) is 3.06. The highest BCUT2D eigenvalue weighted by Gasteiger charge is 2.14. The number of aryl methyl sites for hydroxylation is 1. The molecule has 0 spiro atoms. The Kier molecular flexibility index (Phi) is 5.44. The molecule has 94 valence electrons. The zero-order valence-corrected chi connectivity index (χ0v) is 13.0. The first-order chi connectivity index (χ1) is 8.28. The summed E-state index contributed by atoms with van der Waals surface area (Å²) < 4.78 is 0.859. The Hall–Kier alpha value is 0.0600. The zero-order valence-electron chi connectivity index (χ0n) is 9.78. The van der Waals surface area contributed by atoms with Gasteiger partial charge in [0.25, 0.3) is 0 Å². The monoisotopic (exact) mass is 333 g/mol. The normalized spacial score (nSPS) is 20.2. The van der Waals surface area contributed by atoms with Crippen LogP contribution < -0.4 is 5.32 Å². The number of thioether (sulfide) groups is 2. The van der Waals surface area contributed by atoms with Gasteiger partial charge in [-0.1, -0.05) is 6.92 Å². The molecule has 1 fully saturated rings. The van der Waals surface area contributed by atoms with E-state index in [-0.39, 0.29) is 0 Å². The van der Waals surface area contributed by atoms with Crippen molar-refractivity contribution in [2.75, 3.05) is 29.1 Å². The number of rotatable bonds is 4. The van der Waals surface area contributed by atoms with Gasteiger partial charge in [0, 0.05) is 41.5 Å². The van der Waals surface area contributed by atoms with Crippen molar-refractivity contribution >= 4 is 45.3 Å². The van der Waals surface area contributed by atoms with Crippen LogP contribution in [0.5, 0.6) is 0 Å². The Morgan fingerprint density at radius 3 is 3.06 bits per heavy atom. The highest BCUT2D eigenvalue weighted by atomic mass is 79.9. The van der Waals surface area contributed by atoms with Gasteiger partial charge in [-0.25, -0.2) is 9.97 Å². The van der Waals surface area contributed by atoms with Crippen LogP contribution in [0.2, 0.25) is 0 Å². The average Bonchev–Trinajstić information content (AvgIpc) is 2.37. The van der Waals surface area contributed by atoms with Gasteiger partial charge in [0.1, 0.15) is 16.2 Å². The van der Waals surface area contributed by atoms with E-state index >= 15 is 0 Å². The molecule has 1 aliphatic heterocycles. The summed E-state index contributed by atoms with van der Waals surface area (Å²) >= 11 is 7.52. The smallest absolute Gasteiger partial charge is 0.131 e. The summed E-state index contributed by atoms with van der Waals surface area (Å²) in [7, 11) is 0. The van der Waals surface area contributed by atoms with E-state index in [1.54, 1.807) is 0 Å². The van der Waals surface area contributed by atoms with Gasteiger partial charge in [0.05, 0.1) is 0 Å². The molecule has 1 aliphatic rings. The molecule has 1 saturated heterocycles. The molecule has 1 N–H and O–H groups in total. The SMILES string of the molecule is CCc1nc(Br)cc(NCC2CSCCS2)n1. The first-order valence-electron chi connectivity index (χ1n) is 5.74. The lowest BCUT2D eigenvalue weighted by Crippen LogP contribution is -2.23. The molecule has 3 nitrogen and oxygen atoms in total. The number of hydrogen-bond acceptors (Lipinski definition) is 5. The molecule has 1 unspecified atom stereocenters. The van der Waals surface area contributed by atoms with E-state index in [0.29, 0.717) is 5.25 Å². The molecule has 0 radical (unpaired) electrons. The lowest BCUT2D eigenvalue weighted by atomic mass is 10.4. The van der Waals surface area contributed by atoms with Crippen LogP contribution in [-0.2, 0) is 6.42 Å². The van der Waals surface area contributed by atoms with Crippen LogP contribution in [0, 0.1) is 0 Å². The van der Waals surface area contributed by atoms with Gasteiger partial charge in [-0.05, 0) is 15.9 Å². The first kappa shape index (κ1) is 13.5. The standard InChI is InChI=1S/C11H16BrN3S2/c1-2-10-14-9(12)5-11(15-10)13-6-8-7-16-3-4-17-8/h5,8H,2-4,6-7H2,1H3,(H,13,14,15). The van der Waals surface area contributed by atoms with Crippen molar-refractivity contribution in [3.63, 3.8) is 0 Å². The molecule has 0 amide bonds. The predicted octanol–water partition coefficient (Wildman–Crippen LogP) is 3.06. The molecule has 1 aromatic rings. The highest BCUT2D eigenvalue weighted by molar-refractivity contribution is 9.10. The van der Waals surface area contributed by atoms with Gasteiger partial charge in [-0.3, -0.25) is 0 Å². The topological polar surface area (TPSA) is 37.8 Å². The second-order valence-electron chi connectivity index (χ2n) is 3.79. The van der Waals surface area contributed by atoms with Crippen molar-refractivity contribution in [2.24, 2.45) is 0 Å². The van der Waals surface area contributed by atoms with Crippen molar-refractivity contribution in [2.45, 2.75) is 18.6 Å². The second-order valence-corrected chi connectivity index (χ2v) is 7.16. The Morgan fingerprint density at radius 2 is 2.35 bits per heavy atom. The molecular formula is C11H16BrN3S2. The molecule has 0 bridgehead atoms. The number of aromatic nitrogens is 2. The van der Waals surface area contributed by atoms with Crippen molar-refractivity contribution in [1.82, 2.24) is 9.97 Å². The van der Waals surface area contributed by atoms with E-state index in [1.807, 2.05) is 17.8 Å². The van der Waals surface area contributed by atoms with Crippen LogP contribution in [0.3, 0.4) is 0 Å². The van der Waals surface area contributed by atoms with E-state index in [4.69, 9.17) is 0 Å². The first-order valence-corrected chi connectivity index (χ1v) is 8.74. The summed E-state index contributed by atoms with van der Waals surface area (Å²) in [5.74, 6) is 5.61. The third-order valence-electron chi connectivity index (χ3n) is 2.45. The van der Waals surface area contributed by atoms with Gasteiger partial charge >= 0.3 is 0 Å². The molecule has 2 heterocycles. The molecule has 2 rings (SSSR count). The fourth-order valence-electron chi connectivity index (χ4n) is 1.59. The van der Waals surface area contributed by atoms with Crippen molar-refractivity contribution in [1.29, 1.82) is 0 Å². The summed E-state index contributed by atoms with van der Waals surface area (Å²) in [5, 5.41) is 4.12. The Labute approximate surface area is 119 Å². The number of anilines is 1. The van der Waals surface area contributed by atoms with E-state index in [1.165, 1.54) is 17.3 Å². The summed E-state index contributed by atoms with van der Waals surface area (Å²) in [6, 6.07) is 1.94. The van der Waals surface area contributed by atoms with Crippen LogP contribution in [-0.4, -0.2) is 39.0 Å². The van der Waals surface area contributed by atoms with Crippen LogP contribution in [0.25, 0.3) is 0 Å². The largest absolute Gasteiger partial charge is 0.369 e. The van der Waals surface area contributed by atoms with E-state index in [0.717, 1.165) is 29.2 Å². The van der Waals surface area contributed by atoms with Crippen LogP contribution in [0.1, 0.15) is 12.7 Å². The quantitative estimate of drug-likeness (QED) is 0.857. The van der Waals surface area contributed by atoms with Gasteiger partial charge < -0.3 is 5.32 Å². The summed E-state index contributed by atoms with van der Waals surface area (Å²) in [4.78, 5) is 8.77.